The molecule has 0 radical (unpaired) electrons. The van der Waals surface area contributed by atoms with Gasteiger partial charge >= 0.3 is 0 Å². The Bertz CT molecular complexity index is 3100. The summed E-state index contributed by atoms with van der Waals surface area (Å²) in [6, 6.07) is 69.4. The van der Waals surface area contributed by atoms with E-state index in [1.165, 1.54) is 53.5 Å². The molecule has 10 aromatic rings. The van der Waals surface area contributed by atoms with Crippen molar-refractivity contribution in [3.63, 3.8) is 0 Å². The van der Waals surface area contributed by atoms with E-state index in [0.717, 1.165) is 33.4 Å². The number of fused-ring (bicyclic) bond motifs is 6. The maximum absolute atomic E-state index is 5.47. The highest BCUT2D eigenvalue weighted by molar-refractivity contribution is 7.27. The van der Waals surface area contributed by atoms with Crippen LogP contribution in [0, 0.1) is 0 Å². The van der Waals surface area contributed by atoms with Crippen molar-refractivity contribution in [2.24, 2.45) is 0 Å². The molecule has 0 amide bonds. The average molecular weight is 744 g/mol. The van der Waals surface area contributed by atoms with Crippen molar-refractivity contribution >= 4 is 44.8 Å². The number of aromatic nitrogens is 3. The van der Waals surface area contributed by atoms with Crippen molar-refractivity contribution in [2.45, 2.75) is 5.41 Å². The maximum atomic E-state index is 5.47. The van der Waals surface area contributed by atoms with Crippen LogP contribution in [0.5, 0.6) is 0 Å². The molecule has 266 valence electrons. The molecule has 0 saturated heterocycles. The van der Waals surface area contributed by atoms with E-state index >= 15 is 0 Å². The highest BCUT2D eigenvalue weighted by Crippen LogP contribution is 2.58. The molecular formula is C52H34BN3S. The second-order valence-corrected chi connectivity index (χ2v) is 15.7. The number of benzene rings is 8. The summed E-state index contributed by atoms with van der Waals surface area (Å²) in [4.78, 5) is 16.3. The maximum Gasteiger partial charge on any atom is 0.165 e. The monoisotopic (exact) mass is 743 g/mol. The number of thiophene rings is 1. The zero-order valence-electron chi connectivity index (χ0n) is 31.2. The SMILES string of the molecule is Bc1cccc2c1sc1c(-c3nc(-c4ccccc4-c4ccccc4)nc(-c4cccc5c4-c4ccccc4C5(c4ccccc4)c4ccccc4)n3)cccc12. The largest absolute Gasteiger partial charge is 0.208 e. The van der Waals surface area contributed by atoms with Gasteiger partial charge in [-0.15, -0.1) is 11.3 Å². The van der Waals surface area contributed by atoms with E-state index in [9.17, 15) is 0 Å². The lowest BCUT2D eigenvalue weighted by atomic mass is 9.67. The Morgan fingerprint density at radius 1 is 0.368 bits per heavy atom. The van der Waals surface area contributed by atoms with Crippen LogP contribution in [0.15, 0.2) is 194 Å². The third kappa shape index (κ3) is 5.16. The molecule has 0 N–H and O–H groups in total. The molecule has 1 aliphatic rings. The quantitative estimate of drug-likeness (QED) is 0.159. The van der Waals surface area contributed by atoms with Crippen LogP contribution in [-0.4, -0.2) is 22.8 Å². The summed E-state index contributed by atoms with van der Waals surface area (Å²) in [5.74, 6) is 1.95. The van der Waals surface area contributed by atoms with Gasteiger partial charge in [-0.3, -0.25) is 0 Å². The van der Waals surface area contributed by atoms with Crippen molar-refractivity contribution in [1.29, 1.82) is 0 Å². The zero-order chi connectivity index (χ0) is 37.9. The van der Waals surface area contributed by atoms with Crippen LogP contribution in [0.3, 0.4) is 0 Å². The normalized spacial score (nSPS) is 12.8. The fraction of sp³-hybridized carbons (Fsp3) is 0.0192. The van der Waals surface area contributed by atoms with Gasteiger partial charge < -0.3 is 0 Å². The molecule has 8 aromatic carbocycles. The van der Waals surface area contributed by atoms with E-state index in [1.54, 1.807) is 0 Å². The van der Waals surface area contributed by atoms with Crippen LogP contribution in [-0.2, 0) is 5.41 Å². The third-order valence-corrected chi connectivity index (χ3v) is 13.0. The molecule has 0 aliphatic heterocycles. The standard InChI is InChI=1S/C52H34BN3S/c53-45-32-16-27-38-37-26-14-29-42(47(37)57-48(38)45)51-55-49(39-24-11-10-23-36(39)33-17-4-1-5-18-33)54-50(56-51)41-28-15-31-44-46(41)40-25-12-13-30-43(40)52(44,34-19-6-2-7-20-34)35-21-8-3-9-22-35/h1-32H,53H2. The molecule has 11 rings (SSSR count). The molecule has 2 heterocycles. The zero-order valence-corrected chi connectivity index (χ0v) is 32.0. The van der Waals surface area contributed by atoms with Crippen molar-refractivity contribution in [1.82, 2.24) is 15.0 Å². The first-order valence-corrected chi connectivity index (χ1v) is 20.2. The van der Waals surface area contributed by atoms with Gasteiger partial charge in [0.25, 0.3) is 0 Å². The van der Waals surface area contributed by atoms with Gasteiger partial charge in [0.1, 0.15) is 7.85 Å². The molecule has 3 nitrogen and oxygen atoms in total. The fourth-order valence-electron chi connectivity index (χ4n) is 9.10. The minimum atomic E-state index is -0.538. The van der Waals surface area contributed by atoms with Crippen molar-refractivity contribution in [3.05, 3.63) is 216 Å². The minimum Gasteiger partial charge on any atom is -0.208 e. The van der Waals surface area contributed by atoms with E-state index in [0.29, 0.717) is 17.5 Å². The average Bonchev–Trinajstić information content (AvgIpc) is 3.82. The van der Waals surface area contributed by atoms with Crippen molar-refractivity contribution in [3.8, 4) is 56.4 Å². The topological polar surface area (TPSA) is 38.7 Å². The van der Waals surface area contributed by atoms with Gasteiger partial charge in [0.05, 0.1) is 5.41 Å². The molecule has 0 fully saturated rings. The molecule has 0 spiro atoms. The van der Waals surface area contributed by atoms with Crippen LogP contribution in [0.4, 0.5) is 0 Å². The lowest BCUT2D eigenvalue weighted by Gasteiger charge is -2.33. The summed E-state index contributed by atoms with van der Waals surface area (Å²) < 4.78 is 2.47. The minimum absolute atomic E-state index is 0.538. The van der Waals surface area contributed by atoms with Crippen LogP contribution in [0.25, 0.3) is 76.6 Å². The predicted octanol–water partition coefficient (Wildman–Crippen LogP) is 11.5. The molecule has 1 aliphatic carbocycles. The first-order chi connectivity index (χ1) is 28.2. The van der Waals surface area contributed by atoms with Crippen LogP contribution in [0.1, 0.15) is 22.3 Å². The summed E-state index contributed by atoms with van der Waals surface area (Å²) >= 11 is 1.82. The predicted molar refractivity (Wildman–Crippen MR) is 240 cm³/mol. The number of hydrogen-bond donors (Lipinski definition) is 0. The van der Waals surface area contributed by atoms with Gasteiger partial charge in [0.15, 0.2) is 17.5 Å². The Labute approximate surface area is 336 Å². The van der Waals surface area contributed by atoms with E-state index in [2.05, 4.69) is 202 Å². The molecule has 0 saturated carbocycles. The number of nitrogens with zero attached hydrogens (tertiary/aromatic N) is 3. The molecular weight excluding hydrogens is 709 g/mol. The Morgan fingerprint density at radius 3 is 1.54 bits per heavy atom. The first kappa shape index (κ1) is 33.4. The Morgan fingerprint density at radius 2 is 0.842 bits per heavy atom. The lowest BCUT2D eigenvalue weighted by Crippen LogP contribution is -2.28. The second kappa shape index (κ2) is 13.4. The fourth-order valence-corrected chi connectivity index (χ4v) is 10.4. The molecule has 0 bridgehead atoms. The smallest absolute Gasteiger partial charge is 0.165 e. The lowest BCUT2D eigenvalue weighted by molar-refractivity contribution is 0.768. The molecule has 5 heteroatoms. The van der Waals surface area contributed by atoms with Crippen molar-refractivity contribution < 1.29 is 0 Å². The van der Waals surface area contributed by atoms with E-state index in [4.69, 9.17) is 15.0 Å². The first-order valence-electron chi connectivity index (χ1n) is 19.4. The summed E-state index contributed by atoms with van der Waals surface area (Å²) in [5, 5.41) is 2.48. The molecule has 2 aromatic heterocycles. The summed E-state index contributed by atoms with van der Waals surface area (Å²) in [6.07, 6.45) is 0. The number of hydrogen-bond acceptors (Lipinski definition) is 4. The van der Waals surface area contributed by atoms with Crippen molar-refractivity contribution in [2.75, 3.05) is 0 Å². The second-order valence-electron chi connectivity index (χ2n) is 14.7. The molecule has 57 heavy (non-hydrogen) atoms. The van der Waals surface area contributed by atoms with Crippen LogP contribution in [0.2, 0.25) is 0 Å². The third-order valence-electron chi connectivity index (χ3n) is 11.6. The summed E-state index contributed by atoms with van der Waals surface area (Å²) in [7, 11) is 2.19. The Kier molecular flexibility index (Phi) is 7.83. The Hall–Kier alpha value is -6.95. The molecule has 0 atom stereocenters. The van der Waals surface area contributed by atoms with E-state index in [-0.39, 0.29) is 0 Å². The highest BCUT2D eigenvalue weighted by atomic mass is 32.1. The molecule has 0 unspecified atom stereocenters. The van der Waals surface area contributed by atoms with Gasteiger partial charge in [0.2, 0.25) is 0 Å². The Balaban J connectivity index is 1.22. The van der Waals surface area contributed by atoms with E-state index < -0.39 is 5.41 Å². The summed E-state index contributed by atoms with van der Waals surface area (Å²) in [5.41, 5.74) is 13.1. The van der Waals surface area contributed by atoms with Gasteiger partial charge in [-0.25, -0.2) is 15.0 Å². The van der Waals surface area contributed by atoms with Gasteiger partial charge in [-0.2, -0.15) is 0 Å². The van der Waals surface area contributed by atoms with Gasteiger partial charge in [-0.05, 0) is 56.0 Å². The number of rotatable bonds is 6. The van der Waals surface area contributed by atoms with E-state index in [1.807, 2.05) is 11.3 Å². The summed E-state index contributed by atoms with van der Waals surface area (Å²) in [6.45, 7) is 0. The van der Waals surface area contributed by atoms with Crippen LogP contribution >= 0.6 is 11.3 Å². The van der Waals surface area contributed by atoms with Gasteiger partial charge in [0, 0.05) is 31.5 Å². The highest BCUT2D eigenvalue weighted by Gasteiger charge is 2.47. The van der Waals surface area contributed by atoms with Gasteiger partial charge in [-0.1, -0.05) is 194 Å². The van der Waals surface area contributed by atoms with Crippen LogP contribution < -0.4 is 5.46 Å².